The minimum absolute atomic E-state index is 0.0177. The first-order valence-electron chi connectivity index (χ1n) is 8.34. The first-order valence-corrected chi connectivity index (χ1v) is 10.0. The van der Waals surface area contributed by atoms with Gasteiger partial charge in [-0.2, -0.15) is 0 Å². The first-order chi connectivity index (χ1) is 11.9. The second kappa shape index (κ2) is 7.62. The maximum atomic E-state index is 12.6. The van der Waals surface area contributed by atoms with E-state index < -0.39 is 0 Å². The van der Waals surface area contributed by atoms with E-state index in [1.807, 2.05) is 29.6 Å². The van der Waals surface area contributed by atoms with E-state index in [9.17, 15) is 9.59 Å². The molecule has 2 aromatic rings. The molecule has 1 heterocycles. The zero-order valence-electron chi connectivity index (χ0n) is 14.7. The van der Waals surface area contributed by atoms with Crippen molar-refractivity contribution in [3.63, 3.8) is 0 Å². The SMILES string of the molecule is CC1CCc2c(C(=O)Nc3ccc(SC(=O)N(C)C)cc3)csc2C1. The topological polar surface area (TPSA) is 49.4 Å². The predicted octanol–water partition coefficient (Wildman–Crippen LogP) is 4.90. The highest BCUT2D eigenvalue weighted by atomic mass is 32.2. The summed E-state index contributed by atoms with van der Waals surface area (Å²) in [5.41, 5.74) is 2.79. The van der Waals surface area contributed by atoms with Gasteiger partial charge in [0.2, 0.25) is 0 Å². The van der Waals surface area contributed by atoms with Gasteiger partial charge in [-0.15, -0.1) is 11.3 Å². The lowest BCUT2D eigenvalue weighted by molar-refractivity contribution is 0.102. The third-order valence-electron chi connectivity index (χ3n) is 4.33. The number of hydrogen-bond acceptors (Lipinski definition) is 4. The van der Waals surface area contributed by atoms with Crippen LogP contribution in [0.3, 0.4) is 0 Å². The number of nitrogens with one attached hydrogen (secondary N) is 1. The average Bonchev–Trinajstić information content (AvgIpc) is 2.99. The second-order valence-corrected chi connectivity index (χ2v) is 8.63. The molecule has 1 aromatic carbocycles. The van der Waals surface area contributed by atoms with Crippen LogP contribution in [0.15, 0.2) is 34.5 Å². The van der Waals surface area contributed by atoms with E-state index in [1.54, 1.807) is 30.3 Å². The number of anilines is 1. The Hall–Kier alpha value is -1.79. The van der Waals surface area contributed by atoms with E-state index in [1.165, 1.54) is 22.2 Å². The molecule has 0 bridgehead atoms. The minimum atomic E-state index is -0.0446. The summed E-state index contributed by atoms with van der Waals surface area (Å²) >= 11 is 2.87. The van der Waals surface area contributed by atoms with Crippen molar-refractivity contribution in [3.05, 3.63) is 45.6 Å². The Balaban J connectivity index is 1.67. The van der Waals surface area contributed by atoms with Crippen molar-refractivity contribution >= 4 is 39.9 Å². The van der Waals surface area contributed by atoms with Crippen molar-refractivity contribution in [2.75, 3.05) is 19.4 Å². The zero-order valence-corrected chi connectivity index (χ0v) is 16.3. The number of thioether (sulfide) groups is 1. The van der Waals surface area contributed by atoms with Crippen LogP contribution in [0.2, 0.25) is 0 Å². The maximum absolute atomic E-state index is 12.6. The zero-order chi connectivity index (χ0) is 18.0. The smallest absolute Gasteiger partial charge is 0.285 e. The van der Waals surface area contributed by atoms with Gasteiger partial charge in [0.1, 0.15) is 0 Å². The number of thiophene rings is 1. The number of nitrogens with zero attached hydrogens (tertiary/aromatic N) is 1. The van der Waals surface area contributed by atoms with Crippen LogP contribution >= 0.6 is 23.1 Å². The molecule has 0 spiro atoms. The van der Waals surface area contributed by atoms with Gasteiger partial charge in [0.25, 0.3) is 11.1 Å². The molecule has 6 heteroatoms. The molecule has 1 N–H and O–H groups in total. The van der Waals surface area contributed by atoms with E-state index in [0.29, 0.717) is 5.92 Å². The number of amides is 2. The molecule has 25 heavy (non-hydrogen) atoms. The molecule has 2 amide bonds. The maximum Gasteiger partial charge on any atom is 0.285 e. The van der Waals surface area contributed by atoms with E-state index >= 15 is 0 Å². The predicted molar refractivity (Wildman–Crippen MR) is 105 cm³/mol. The largest absolute Gasteiger partial charge is 0.339 e. The third kappa shape index (κ3) is 4.25. The Morgan fingerprint density at radius 3 is 2.64 bits per heavy atom. The summed E-state index contributed by atoms with van der Waals surface area (Å²) in [6, 6.07) is 7.38. The average molecular weight is 375 g/mol. The van der Waals surface area contributed by atoms with Gasteiger partial charge >= 0.3 is 0 Å². The van der Waals surface area contributed by atoms with Gasteiger partial charge in [0.05, 0.1) is 5.56 Å². The Morgan fingerprint density at radius 2 is 1.96 bits per heavy atom. The van der Waals surface area contributed by atoms with Crippen LogP contribution in [0.5, 0.6) is 0 Å². The lowest BCUT2D eigenvalue weighted by atomic mass is 9.88. The third-order valence-corrected chi connectivity index (χ3v) is 6.43. The number of fused-ring (bicyclic) bond motifs is 1. The highest BCUT2D eigenvalue weighted by Crippen LogP contribution is 2.33. The molecule has 0 saturated carbocycles. The molecule has 0 fully saturated rings. The quantitative estimate of drug-likeness (QED) is 0.778. The summed E-state index contributed by atoms with van der Waals surface area (Å²) in [5.74, 6) is 0.661. The molecule has 1 aliphatic rings. The summed E-state index contributed by atoms with van der Waals surface area (Å²) in [4.78, 5) is 28.1. The molecule has 1 aromatic heterocycles. The lowest BCUT2D eigenvalue weighted by Gasteiger charge is -2.18. The van der Waals surface area contributed by atoms with Gasteiger partial charge in [-0.05, 0) is 66.8 Å². The van der Waals surface area contributed by atoms with Crippen LogP contribution in [-0.4, -0.2) is 30.1 Å². The van der Waals surface area contributed by atoms with Crippen molar-refractivity contribution in [1.82, 2.24) is 4.90 Å². The summed E-state index contributed by atoms with van der Waals surface area (Å²) in [5, 5.41) is 4.94. The van der Waals surface area contributed by atoms with Crippen molar-refractivity contribution in [2.24, 2.45) is 5.92 Å². The standard InChI is InChI=1S/C19H22N2O2S2/c1-12-4-9-15-16(11-24-17(15)10-12)18(22)20-13-5-7-14(8-6-13)25-19(23)21(2)3/h5-8,11-12H,4,9-10H2,1-3H3,(H,20,22). The Bertz CT molecular complexity index is 781. The van der Waals surface area contributed by atoms with Gasteiger partial charge in [-0.3, -0.25) is 9.59 Å². The number of rotatable bonds is 3. The number of benzene rings is 1. The normalized spacial score (nSPS) is 16.2. The Kier molecular flexibility index (Phi) is 5.49. The van der Waals surface area contributed by atoms with Crippen molar-refractivity contribution in [2.45, 2.75) is 31.1 Å². The summed E-state index contributed by atoms with van der Waals surface area (Å²) in [6.45, 7) is 2.27. The second-order valence-electron chi connectivity index (χ2n) is 6.64. The molecular weight excluding hydrogens is 352 g/mol. The number of carbonyl (C=O) groups excluding carboxylic acids is 2. The molecule has 1 atom stereocenters. The van der Waals surface area contributed by atoms with Crippen LogP contribution < -0.4 is 5.32 Å². The van der Waals surface area contributed by atoms with Gasteiger partial charge in [-0.25, -0.2) is 0 Å². The fourth-order valence-electron chi connectivity index (χ4n) is 2.86. The summed E-state index contributed by atoms with van der Waals surface area (Å²) in [7, 11) is 3.46. The van der Waals surface area contributed by atoms with Crippen molar-refractivity contribution in [3.8, 4) is 0 Å². The van der Waals surface area contributed by atoms with Crippen molar-refractivity contribution in [1.29, 1.82) is 0 Å². The Morgan fingerprint density at radius 1 is 1.24 bits per heavy atom. The van der Waals surface area contributed by atoms with Gasteiger partial charge in [0, 0.05) is 34.9 Å². The monoisotopic (exact) mass is 374 g/mol. The molecule has 3 rings (SSSR count). The van der Waals surface area contributed by atoms with Crippen LogP contribution in [0.4, 0.5) is 10.5 Å². The lowest BCUT2D eigenvalue weighted by Crippen LogP contribution is -2.16. The molecule has 1 unspecified atom stereocenters. The highest BCUT2D eigenvalue weighted by Gasteiger charge is 2.23. The molecule has 1 aliphatic carbocycles. The fraction of sp³-hybridized carbons (Fsp3) is 0.368. The molecule has 132 valence electrons. The Labute approximate surface area is 156 Å². The first kappa shape index (κ1) is 18.0. The fourth-order valence-corrected chi connectivity index (χ4v) is 4.77. The van der Waals surface area contributed by atoms with E-state index in [4.69, 9.17) is 0 Å². The van der Waals surface area contributed by atoms with Gasteiger partial charge in [0.15, 0.2) is 0 Å². The minimum Gasteiger partial charge on any atom is -0.339 e. The van der Waals surface area contributed by atoms with Crippen molar-refractivity contribution < 1.29 is 9.59 Å². The van der Waals surface area contributed by atoms with Gasteiger partial charge < -0.3 is 10.2 Å². The van der Waals surface area contributed by atoms with E-state index in [0.717, 1.165) is 35.4 Å². The molecule has 0 aliphatic heterocycles. The van der Waals surface area contributed by atoms with E-state index in [-0.39, 0.29) is 11.1 Å². The van der Waals surface area contributed by atoms with Gasteiger partial charge in [-0.1, -0.05) is 6.92 Å². The van der Waals surface area contributed by atoms with Crippen LogP contribution in [-0.2, 0) is 12.8 Å². The summed E-state index contributed by atoms with van der Waals surface area (Å²) in [6.07, 6.45) is 3.22. The molecule has 4 nitrogen and oxygen atoms in total. The van der Waals surface area contributed by atoms with E-state index in [2.05, 4.69) is 12.2 Å². The summed E-state index contributed by atoms with van der Waals surface area (Å²) < 4.78 is 0. The van der Waals surface area contributed by atoms with Crippen LogP contribution in [0, 0.1) is 5.92 Å². The highest BCUT2D eigenvalue weighted by molar-refractivity contribution is 8.13. The number of carbonyl (C=O) groups is 2. The van der Waals surface area contributed by atoms with Crippen LogP contribution in [0.25, 0.3) is 0 Å². The molecule has 0 saturated heterocycles. The van der Waals surface area contributed by atoms with Crippen LogP contribution in [0.1, 0.15) is 34.1 Å². The number of hydrogen-bond donors (Lipinski definition) is 1. The molecular formula is C19H22N2O2S2. The molecule has 0 radical (unpaired) electrons.